The second-order valence-electron chi connectivity index (χ2n) is 7.49. The number of nitrogens with zero attached hydrogens (tertiary/aromatic N) is 1. The molecule has 2 saturated heterocycles. The number of hydrogen-bond donors (Lipinski definition) is 2. The Morgan fingerprint density at radius 2 is 1.92 bits per heavy atom. The highest BCUT2D eigenvalue weighted by molar-refractivity contribution is 7.80. The second-order valence-corrected chi connectivity index (χ2v) is 7.90. The standard InChI is InChI=1S/C20H31N3S/c1-4-11-23-17-8-6-9-18(23)13-16(12-17)21-20(24)22-19-10-5-7-14(2)15(19)3/h5,7,10,16-18H,4,6,8-9,11-13H2,1-3H3,(H2,21,22,24)/t16?,17-,18+. The highest BCUT2D eigenvalue weighted by atomic mass is 32.1. The molecule has 2 heterocycles. The van der Waals surface area contributed by atoms with Gasteiger partial charge in [0.2, 0.25) is 0 Å². The number of thiocarbonyl (C=S) groups is 1. The lowest BCUT2D eigenvalue weighted by molar-refractivity contribution is 0.0284. The largest absolute Gasteiger partial charge is 0.360 e. The number of nitrogens with one attached hydrogen (secondary N) is 2. The molecule has 0 spiro atoms. The van der Waals surface area contributed by atoms with E-state index < -0.39 is 0 Å². The average Bonchev–Trinajstić information content (AvgIpc) is 2.53. The zero-order valence-electron chi connectivity index (χ0n) is 15.3. The summed E-state index contributed by atoms with van der Waals surface area (Å²) in [6.45, 7) is 7.84. The molecule has 2 N–H and O–H groups in total. The molecule has 0 amide bonds. The van der Waals surface area contributed by atoms with Gasteiger partial charge >= 0.3 is 0 Å². The number of rotatable bonds is 4. The molecule has 0 aliphatic carbocycles. The average molecular weight is 346 g/mol. The zero-order valence-corrected chi connectivity index (χ0v) is 16.1. The van der Waals surface area contributed by atoms with Crippen LogP contribution in [-0.4, -0.2) is 34.7 Å². The Balaban J connectivity index is 1.58. The maximum absolute atomic E-state index is 5.60. The molecule has 2 aliphatic heterocycles. The number of benzene rings is 1. The van der Waals surface area contributed by atoms with Gasteiger partial charge < -0.3 is 10.6 Å². The van der Waals surface area contributed by atoms with Crippen LogP contribution in [0, 0.1) is 13.8 Å². The van der Waals surface area contributed by atoms with Crippen molar-refractivity contribution in [1.29, 1.82) is 0 Å². The van der Waals surface area contributed by atoms with Crippen molar-refractivity contribution in [3.8, 4) is 0 Å². The van der Waals surface area contributed by atoms with Crippen molar-refractivity contribution in [2.45, 2.75) is 77.4 Å². The van der Waals surface area contributed by atoms with Gasteiger partial charge in [-0.15, -0.1) is 0 Å². The Hall–Kier alpha value is -1.13. The Bertz CT molecular complexity index is 572. The third-order valence-electron chi connectivity index (χ3n) is 5.80. The van der Waals surface area contributed by atoms with Gasteiger partial charge in [-0.25, -0.2) is 0 Å². The van der Waals surface area contributed by atoms with Gasteiger partial charge in [0, 0.05) is 23.8 Å². The molecule has 0 radical (unpaired) electrons. The minimum absolute atomic E-state index is 0.513. The van der Waals surface area contributed by atoms with Gasteiger partial charge in [-0.2, -0.15) is 0 Å². The van der Waals surface area contributed by atoms with Crippen LogP contribution in [0.5, 0.6) is 0 Å². The number of aryl methyl sites for hydroxylation is 1. The van der Waals surface area contributed by atoms with Gasteiger partial charge in [-0.05, 0) is 81.9 Å². The third-order valence-corrected chi connectivity index (χ3v) is 6.02. The molecule has 4 heteroatoms. The molecule has 3 rings (SSSR count). The van der Waals surface area contributed by atoms with Crippen molar-refractivity contribution in [1.82, 2.24) is 10.2 Å². The third kappa shape index (κ3) is 3.92. The Morgan fingerprint density at radius 1 is 1.21 bits per heavy atom. The lowest BCUT2D eigenvalue weighted by Crippen LogP contribution is -2.57. The molecule has 2 aliphatic rings. The Morgan fingerprint density at radius 3 is 2.58 bits per heavy atom. The van der Waals surface area contributed by atoms with Gasteiger partial charge in [-0.1, -0.05) is 25.5 Å². The van der Waals surface area contributed by atoms with E-state index in [0.29, 0.717) is 6.04 Å². The Kier molecular flexibility index (Phi) is 5.77. The van der Waals surface area contributed by atoms with Crippen molar-refractivity contribution in [2.24, 2.45) is 0 Å². The van der Waals surface area contributed by atoms with Gasteiger partial charge in [0.1, 0.15) is 0 Å². The lowest BCUT2D eigenvalue weighted by atomic mass is 9.81. The molecule has 2 fully saturated rings. The quantitative estimate of drug-likeness (QED) is 0.792. The number of hydrogen-bond acceptors (Lipinski definition) is 2. The highest BCUT2D eigenvalue weighted by Crippen LogP contribution is 2.34. The van der Waals surface area contributed by atoms with E-state index in [0.717, 1.165) is 22.9 Å². The van der Waals surface area contributed by atoms with Crippen LogP contribution < -0.4 is 10.6 Å². The first kappa shape index (κ1) is 17.7. The van der Waals surface area contributed by atoms with Gasteiger partial charge in [0.15, 0.2) is 5.11 Å². The molecular weight excluding hydrogens is 314 g/mol. The minimum Gasteiger partial charge on any atom is -0.360 e. The molecule has 24 heavy (non-hydrogen) atoms. The van der Waals surface area contributed by atoms with E-state index in [-0.39, 0.29) is 0 Å². The van der Waals surface area contributed by atoms with Gasteiger partial charge in [0.25, 0.3) is 0 Å². The summed E-state index contributed by atoms with van der Waals surface area (Å²) in [7, 11) is 0. The van der Waals surface area contributed by atoms with E-state index in [1.54, 1.807) is 0 Å². The molecule has 0 aromatic heterocycles. The highest BCUT2D eigenvalue weighted by Gasteiger charge is 2.37. The van der Waals surface area contributed by atoms with Crippen LogP contribution in [0.3, 0.4) is 0 Å². The number of fused-ring (bicyclic) bond motifs is 2. The molecule has 3 nitrogen and oxygen atoms in total. The fraction of sp³-hybridized carbons (Fsp3) is 0.650. The van der Waals surface area contributed by atoms with E-state index in [1.807, 2.05) is 0 Å². The van der Waals surface area contributed by atoms with E-state index in [4.69, 9.17) is 12.2 Å². The van der Waals surface area contributed by atoms with E-state index in [2.05, 4.69) is 54.5 Å². The summed E-state index contributed by atoms with van der Waals surface area (Å²) >= 11 is 5.60. The molecule has 1 aromatic carbocycles. The number of anilines is 1. The van der Waals surface area contributed by atoms with Crippen LogP contribution in [0.15, 0.2) is 18.2 Å². The van der Waals surface area contributed by atoms with Crippen LogP contribution in [0.1, 0.15) is 56.6 Å². The Labute approximate surface area is 152 Å². The first-order valence-electron chi connectivity index (χ1n) is 9.48. The molecule has 0 saturated carbocycles. The molecule has 3 atom stereocenters. The fourth-order valence-electron chi connectivity index (χ4n) is 4.45. The molecule has 2 bridgehead atoms. The van der Waals surface area contributed by atoms with Crippen molar-refractivity contribution in [2.75, 3.05) is 11.9 Å². The van der Waals surface area contributed by atoms with Crippen LogP contribution in [-0.2, 0) is 0 Å². The monoisotopic (exact) mass is 345 g/mol. The predicted octanol–water partition coefficient (Wildman–Crippen LogP) is 4.39. The maximum atomic E-state index is 5.60. The smallest absolute Gasteiger partial charge is 0.171 e. The minimum atomic E-state index is 0.513. The summed E-state index contributed by atoms with van der Waals surface area (Å²) in [5.41, 5.74) is 3.69. The predicted molar refractivity (Wildman–Crippen MR) is 107 cm³/mol. The summed E-state index contributed by atoms with van der Waals surface area (Å²) in [6.07, 6.45) is 7.82. The summed E-state index contributed by atoms with van der Waals surface area (Å²) in [6, 6.07) is 8.34. The fourth-order valence-corrected chi connectivity index (χ4v) is 4.73. The van der Waals surface area contributed by atoms with Crippen LogP contribution in [0.25, 0.3) is 0 Å². The van der Waals surface area contributed by atoms with Crippen molar-refractivity contribution >= 4 is 23.0 Å². The van der Waals surface area contributed by atoms with E-state index >= 15 is 0 Å². The van der Waals surface area contributed by atoms with Crippen LogP contribution in [0.4, 0.5) is 5.69 Å². The first-order chi connectivity index (χ1) is 11.6. The zero-order chi connectivity index (χ0) is 17.1. The van der Waals surface area contributed by atoms with Crippen LogP contribution >= 0.6 is 12.2 Å². The SMILES string of the molecule is CCCN1[C@@H]2CCC[C@H]1CC(NC(=S)Nc1cccc(C)c1C)C2. The van der Waals surface area contributed by atoms with Gasteiger partial charge in [0.05, 0.1) is 0 Å². The molecule has 1 unspecified atom stereocenters. The summed E-state index contributed by atoms with van der Waals surface area (Å²) in [5.74, 6) is 0. The summed E-state index contributed by atoms with van der Waals surface area (Å²) in [5, 5.41) is 7.78. The van der Waals surface area contributed by atoms with Crippen LogP contribution in [0.2, 0.25) is 0 Å². The molecule has 1 aromatic rings. The van der Waals surface area contributed by atoms with E-state index in [9.17, 15) is 0 Å². The summed E-state index contributed by atoms with van der Waals surface area (Å²) in [4.78, 5) is 2.77. The maximum Gasteiger partial charge on any atom is 0.171 e. The topological polar surface area (TPSA) is 27.3 Å². The second kappa shape index (κ2) is 7.83. The van der Waals surface area contributed by atoms with Crippen molar-refractivity contribution in [3.05, 3.63) is 29.3 Å². The first-order valence-corrected chi connectivity index (χ1v) is 9.88. The molecule has 132 valence electrons. The van der Waals surface area contributed by atoms with Crippen molar-refractivity contribution < 1.29 is 0 Å². The molecular formula is C20H31N3S. The summed E-state index contributed by atoms with van der Waals surface area (Å²) < 4.78 is 0. The lowest BCUT2D eigenvalue weighted by Gasteiger charge is -2.49. The van der Waals surface area contributed by atoms with Crippen molar-refractivity contribution in [3.63, 3.8) is 0 Å². The van der Waals surface area contributed by atoms with E-state index in [1.165, 1.54) is 56.2 Å². The number of piperidine rings is 2. The normalized spacial score (nSPS) is 26.9. The van der Waals surface area contributed by atoms with Gasteiger partial charge in [-0.3, -0.25) is 4.90 Å².